The molecular weight excluding hydrogens is 425 g/mol. The van der Waals surface area contributed by atoms with Crippen molar-refractivity contribution in [2.75, 3.05) is 39.3 Å². The highest BCUT2D eigenvalue weighted by atomic mass is 32.1. The summed E-state index contributed by atoms with van der Waals surface area (Å²) < 4.78 is 14.0. The number of amides is 2. The standard InChI is InChI=1S/C25H32FN3O2S/c1-25(2,3)24(31)28-11-5-10-27(13-14-28)22(30)17-29-12-8-21-20(9-15-32-21)23(29)18-6-4-7-19(26)16-18/h4,6-7,9,15-16,23H,5,8,10-14,17H2,1-3H3/t23-/m1/s1. The molecule has 0 unspecified atom stereocenters. The van der Waals surface area contributed by atoms with E-state index in [0.717, 1.165) is 24.9 Å². The Morgan fingerprint density at radius 2 is 1.81 bits per heavy atom. The molecule has 0 radical (unpaired) electrons. The SMILES string of the molecule is CC(C)(C)C(=O)N1CCCN(C(=O)CN2CCc3sccc3[C@H]2c2cccc(F)c2)CC1. The second-order valence-corrected chi connectivity index (χ2v) is 10.8. The van der Waals surface area contributed by atoms with Gasteiger partial charge in [0.1, 0.15) is 5.82 Å². The third kappa shape index (κ3) is 4.89. The maximum absolute atomic E-state index is 14.0. The second kappa shape index (κ2) is 9.32. The molecule has 0 N–H and O–H groups in total. The summed E-state index contributed by atoms with van der Waals surface area (Å²) in [6.45, 7) is 9.35. The molecule has 1 atom stereocenters. The van der Waals surface area contributed by atoms with Gasteiger partial charge >= 0.3 is 0 Å². The summed E-state index contributed by atoms with van der Waals surface area (Å²) in [6.07, 6.45) is 1.69. The van der Waals surface area contributed by atoms with E-state index in [2.05, 4.69) is 16.3 Å². The lowest BCUT2D eigenvalue weighted by atomic mass is 9.93. The van der Waals surface area contributed by atoms with E-state index in [0.29, 0.717) is 32.7 Å². The van der Waals surface area contributed by atoms with Gasteiger partial charge in [-0.15, -0.1) is 11.3 Å². The van der Waals surface area contributed by atoms with Crippen LogP contribution in [0.3, 0.4) is 0 Å². The average molecular weight is 458 g/mol. The van der Waals surface area contributed by atoms with Gasteiger partial charge in [0.05, 0.1) is 12.6 Å². The topological polar surface area (TPSA) is 43.9 Å². The molecule has 0 saturated carbocycles. The van der Waals surface area contributed by atoms with Crippen LogP contribution in [-0.2, 0) is 16.0 Å². The Balaban J connectivity index is 1.48. The minimum atomic E-state index is -0.413. The molecule has 32 heavy (non-hydrogen) atoms. The summed E-state index contributed by atoms with van der Waals surface area (Å²) in [5.74, 6) is -0.0404. The molecule has 3 heterocycles. The van der Waals surface area contributed by atoms with Crippen molar-refractivity contribution in [3.63, 3.8) is 0 Å². The number of rotatable bonds is 3. The van der Waals surface area contributed by atoms with Gasteiger partial charge in [-0.2, -0.15) is 0 Å². The lowest BCUT2D eigenvalue weighted by molar-refractivity contribution is -0.140. The molecule has 2 aromatic rings. The lowest BCUT2D eigenvalue weighted by Gasteiger charge is -2.37. The van der Waals surface area contributed by atoms with Gasteiger partial charge in [-0.05, 0) is 47.5 Å². The van der Waals surface area contributed by atoms with Crippen LogP contribution in [0.4, 0.5) is 4.39 Å². The molecule has 1 fully saturated rings. The highest BCUT2D eigenvalue weighted by Gasteiger charge is 2.33. The molecule has 5 nitrogen and oxygen atoms in total. The van der Waals surface area contributed by atoms with Crippen LogP contribution in [0, 0.1) is 11.2 Å². The zero-order valence-corrected chi connectivity index (χ0v) is 20.0. The summed E-state index contributed by atoms with van der Waals surface area (Å²) in [7, 11) is 0. The number of fused-ring (bicyclic) bond motifs is 1. The first kappa shape index (κ1) is 22.9. The highest BCUT2D eigenvalue weighted by Crippen LogP contribution is 2.37. The van der Waals surface area contributed by atoms with Crippen LogP contribution >= 0.6 is 11.3 Å². The minimum Gasteiger partial charge on any atom is -0.340 e. The first-order valence-electron chi connectivity index (χ1n) is 11.4. The Morgan fingerprint density at radius 3 is 2.56 bits per heavy atom. The average Bonchev–Trinajstić information content (AvgIpc) is 3.08. The molecule has 2 amide bonds. The molecule has 0 spiro atoms. The maximum atomic E-state index is 14.0. The van der Waals surface area contributed by atoms with Gasteiger partial charge in [0, 0.05) is 43.0 Å². The zero-order chi connectivity index (χ0) is 22.9. The number of carbonyl (C=O) groups is 2. The Labute approximate surface area is 193 Å². The van der Waals surface area contributed by atoms with Gasteiger partial charge in [0.25, 0.3) is 0 Å². The van der Waals surface area contributed by atoms with E-state index in [4.69, 9.17) is 0 Å². The Hall–Kier alpha value is -2.25. The number of carbonyl (C=O) groups excluding carboxylic acids is 2. The Kier molecular flexibility index (Phi) is 6.67. The van der Waals surface area contributed by atoms with Crippen LogP contribution in [0.1, 0.15) is 49.2 Å². The van der Waals surface area contributed by atoms with Crippen molar-refractivity contribution in [2.45, 2.75) is 39.7 Å². The first-order chi connectivity index (χ1) is 15.2. The van der Waals surface area contributed by atoms with Crippen molar-refractivity contribution < 1.29 is 14.0 Å². The van der Waals surface area contributed by atoms with E-state index < -0.39 is 5.41 Å². The number of thiophene rings is 1. The van der Waals surface area contributed by atoms with E-state index in [1.165, 1.54) is 16.5 Å². The van der Waals surface area contributed by atoms with E-state index in [1.807, 2.05) is 36.6 Å². The van der Waals surface area contributed by atoms with E-state index >= 15 is 0 Å². The predicted octanol–water partition coefficient (Wildman–Crippen LogP) is 3.94. The van der Waals surface area contributed by atoms with Crippen LogP contribution in [0.5, 0.6) is 0 Å². The van der Waals surface area contributed by atoms with Gasteiger partial charge in [0.15, 0.2) is 0 Å². The quantitative estimate of drug-likeness (QED) is 0.701. The number of nitrogens with zero attached hydrogens (tertiary/aromatic N) is 3. The van der Waals surface area contributed by atoms with Gasteiger partial charge in [-0.1, -0.05) is 32.9 Å². The second-order valence-electron chi connectivity index (χ2n) is 9.75. The molecule has 1 saturated heterocycles. The van der Waals surface area contributed by atoms with Gasteiger partial charge in [0.2, 0.25) is 11.8 Å². The summed E-state index contributed by atoms with van der Waals surface area (Å²) in [5, 5.41) is 2.08. The largest absolute Gasteiger partial charge is 0.340 e. The molecule has 0 aliphatic carbocycles. The number of hydrogen-bond donors (Lipinski definition) is 0. The normalized spacial score (nSPS) is 20.1. The molecule has 7 heteroatoms. The van der Waals surface area contributed by atoms with Gasteiger partial charge in [-0.3, -0.25) is 14.5 Å². The molecule has 1 aromatic heterocycles. The molecule has 0 bridgehead atoms. The molecular formula is C25H32FN3O2S. The summed E-state index contributed by atoms with van der Waals surface area (Å²) in [5.41, 5.74) is 1.65. The van der Waals surface area contributed by atoms with Crippen LogP contribution in [0.25, 0.3) is 0 Å². The van der Waals surface area contributed by atoms with Crippen LogP contribution in [0.2, 0.25) is 0 Å². The summed E-state index contributed by atoms with van der Waals surface area (Å²) >= 11 is 1.73. The fourth-order valence-corrected chi connectivity index (χ4v) is 5.63. The third-order valence-corrected chi connectivity index (χ3v) is 7.34. The fourth-order valence-electron chi connectivity index (χ4n) is 4.72. The van der Waals surface area contributed by atoms with Crippen LogP contribution in [0.15, 0.2) is 35.7 Å². The van der Waals surface area contributed by atoms with Crippen molar-refractivity contribution in [3.05, 3.63) is 57.5 Å². The van der Waals surface area contributed by atoms with Gasteiger partial charge < -0.3 is 9.80 Å². The molecule has 1 aromatic carbocycles. The van der Waals surface area contributed by atoms with Crippen molar-refractivity contribution in [1.82, 2.24) is 14.7 Å². The smallest absolute Gasteiger partial charge is 0.236 e. The Morgan fingerprint density at radius 1 is 1.06 bits per heavy atom. The van der Waals surface area contributed by atoms with E-state index in [-0.39, 0.29) is 23.7 Å². The number of benzene rings is 1. The Bertz CT molecular complexity index is 984. The highest BCUT2D eigenvalue weighted by molar-refractivity contribution is 7.10. The van der Waals surface area contributed by atoms with E-state index in [9.17, 15) is 14.0 Å². The number of hydrogen-bond acceptors (Lipinski definition) is 4. The molecule has 172 valence electrons. The summed E-state index contributed by atoms with van der Waals surface area (Å²) in [6, 6.07) is 8.71. The van der Waals surface area contributed by atoms with Gasteiger partial charge in [-0.25, -0.2) is 4.39 Å². The number of halogens is 1. The maximum Gasteiger partial charge on any atom is 0.236 e. The predicted molar refractivity (Wildman–Crippen MR) is 125 cm³/mol. The van der Waals surface area contributed by atoms with Crippen LogP contribution < -0.4 is 0 Å². The zero-order valence-electron chi connectivity index (χ0n) is 19.1. The fraction of sp³-hybridized carbons (Fsp3) is 0.520. The summed E-state index contributed by atoms with van der Waals surface area (Å²) in [4.78, 5) is 33.2. The van der Waals surface area contributed by atoms with Crippen LogP contribution in [-0.4, -0.2) is 65.8 Å². The molecule has 2 aliphatic heterocycles. The lowest BCUT2D eigenvalue weighted by Crippen LogP contribution is -2.46. The first-order valence-corrected chi connectivity index (χ1v) is 12.2. The minimum absolute atomic E-state index is 0.0788. The molecule has 2 aliphatic rings. The van der Waals surface area contributed by atoms with Crippen molar-refractivity contribution in [3.8, 4) is 0 Å². The van der Waals surface area contributed by atoms with E-state index in [1.54, 1.807) is 23.5 Å². The third-order valence-electron chi connectivity index (χ3n) is 6.35. The van der Waals surface area contributed by atoms with Crippen molar-refractivity contribution >= 4 is 23.2 Å². The van der Waals surface area contributed by atoms with Crippen molar-refractivity contribution in [1.29, 1.82) is 0 Å². The van der Waals surface area contributed by atoms with Crippen molar-refractivity contribution in [2.24, 2.45) is 5.41 Å². The molecule has 4 rings (SSSR count). The monoisotopic (exact) mass is 457 g/mol.